The van der Waals surface area contributed by atoms with E-state index in [9.17, 15) is 9.90 Å². The number of nitrogens with zero attached hydrogens (tertiary/aromatic N) is 1. The smallest absolute Gasteiger partial charge is 0.283 e. The van der Waals surface area contributed by atoms with Gasteiger partial charge in [-0.2, -0.15) is 0 Å². The predicted octanol–water partition coefficient (Wildman–Crippen LogP) is 0.688. The molecule has 0 aliphatic carbocycles. The van der Waals surface area contributed by atoms with Gasteiger partial charge in [0.25, 0.3) is 5.91 Å². The van der Waals surface area contributed by atoms with E-state index in [1.54, 1.807) is 30.8 Å². The van der Waals surface area contributed by atoms with Crippen LogP contribution < -0.4 is 11.3 Å². The summed E-state index contributed by atoms with van der Waals surface area (Å²) in [6, 6.07) is 5.21. The summed E-state index contributed by atoms with van der Waals surface area (Å²) in [5.74, 6) is 5.29. The number of pyridine rings is 1. The van der Waals surface area contributed by atoms with Crippen LogP contribution in [0.5, 0.6) is 0 Å². The second-order valence-corrected chi connectivity index (χ2v) is 5.11. The normalized spacial score (nSPS) is 14.1. The van der Waals surface area contributed by atoms with Crippen molar-refractivity contribution < 1.29 is 9.90 Å². The van der Waals surface area contributed by atoms with Gasteiger partial charge >= 0.3 is 0 Å². The Morgan fingerprint density at radius 2 is 2.29 bits per heavy atom. The van der Waals surface area contributed by atoms with Crippen LogP contribution in [0, 0.1) is 0 Å². The molecule has 0 saturated heterocycles. The highest BCUT2D eigenvalue weighted by molar-refractivity contribution is 7.99. The first kappa shape index (κ1) is 14.0. The number of rotatable bonds is 5. The lowest BCUT2D eigenvalue weighted by atomic mass is 10.3. The Labute approximate surface area is 105 Å². The van der Waals surface area contributed by atoms with Crippen molar-refractivity contribution in [2.75, 3.05) is 0 Å². The molecule has 5 nitrogen and oxygen atoms in total. The number of hydrogen-bond acceptors (Lipinski definition) is 5. The van der Waals surface area contributed by atoms with Gasteiger partial charge in [-0.3, -0.25) is 10.2 Å². The van der Waals surface area contributed by atoms with E-state index < -0.39 is 5.91 Å². The molecule has 1 rings (SSSR count). The van der Waals surface area contributed by atoms with Gasteiger partial charge in [0, 0.05) is 11.0 Å². The van der Waals surface area contributed by atoms with Crippen LogP contribution in [0.4, 0.5) is 0 Å². The lowest BCUT2D eigenvalue weighted by Crippen LogP contribution is -2.30. The molecule has 2 unspecified atom stereocenters. The first-order valence-corrected chi connectivity index (χ1v) is 6.36. The van der Waals surface area contributed by atoms with E-state index in [0.717, 1.165) is 5.69 Å². The highest BCUT2D eigenvalue weighted by Gasteiger charge is 2.11. The Balaban J connectivity index is 2.63. The van der Waals surface area contributed by atoms with Crippen LogP contribution in [0.1, 0.15) is 30.0 Å². The summed E-state index contributed by atoms with van der Waals surface area (Å²) in [4.78, 5) is 15.4. The third kappa shape index (κ3) is 4.33. The SMILES string of the molecule is CC(O)C(C)SCc1cccc(C(=O)NN)n1. The van der Waals surface area contributed by atoms with Gasteiger partial charge in [0.05, 0.1) is 11.8 Å². The Kier molecular flexibility index (Phi) is 5.40. The first-order valence-electron chi connectivity index (χ1n) is 5.31. The first-order chi connectivity index (χ1) is 8.04. The Morgan fingerprint density at radius 3 is 2.88 bits per heavy atom. The van der Waals surface area contributed by atoms with Gasteiger partial charge in [-0.05, 0) is 19.1 Å². The van der Waals surface area contributed by atoms with Gasteiger partial charge in [-0.15, -0.1) is 11.8 Å². The number of hydrogen-bond donors (Lipinski definition) is 3. The molecule has 0 aliphatic heterocycles. The van der Waals surface area contributed by atoms with Crippen molar-refractivity contribution in [2.45, 2.75) is 31.0 Å². The highest BCUT2D eigenvalue weighted by atomic mass is 32.2. The van der Waals surface area contributed by atoms with E-state index in [1.165, 1.54) is 0 Å². The highest BCUT2D eigenvalue weighted by Crippen LogP contribution is 2.19. The predicted molar refractivity (Wildman–Crippen MR) is 68.3 cm³/mol. The Bertz CT molecular complexity index is 385. The van der Waals surface area contributed by atoms with E-state index in [-0.39, 0.29) is 11.4 Å². The maximum atomic E-state index is 11.3. The fraction of sp³-hybridized carbons (Fsp3) is 0.455. The molecular weight excluding hydrogens is 238 g/mol. The fourth-order valence-corrected chi connectivity index (χ4v) is 1.99. The van der Waals surface area contributed by atoms with Crippen molar-refractivity contribution in [3.8, 4) is 0 Å². The van der Waals surface area contributed by atoms with Crippen molar-refractivity contribution in [1.29, 1.82) is 0 Å². The number of nitrogens with one attached hydrogen (secondary N) is 1. The standard InChI is InChI=1S/C11H17N3O2S/c1-7(15)8(2)17-6-9-4-3-5-10(13-9)11(16)14-12/h3-5,7-8,15H,6,12H2,1-2H3,(H,14,16). The second kappa shape index (κ2) is 6.58. The molecule has 4 N–H and O–H groups in total. The third-order valence-electron chi connectivity index (χ3n) is 2.34. The van der Waals surface area contributed by atoms with Crippen LogP contribution in [0.3, 0.4) is 0 Å². The minimum absolute atomic E-state index is 0.129. The third-order valence-corrected chi connectivity index (χ3v) is 3.73. The number of nitrogen functional groups attached to an aromatic ring is 1. The number of carbonyl (C=O) groups excluding carboxylic acids is 1. The largest absolute Gasteiger partial charge is 0.392 e. The molecule has 2 atom stereocenters. The molecule has 0 aliphatic rings. The quantitative estimate of drug-likeness (QED) is 0.409. The van der Waals surface area contributed by atoms with Gasteiger partial charge < -0.3 is 5.11 Å². The topological polar surface area (TPSA) is 88.2 Å². The van der Waals surface area contributed by atoms with Gasteiger partial charge in [0.1, 0.15) is 5.69 Å². The molecule has 6 heteroatoms. The lowest BCUT2D eigenvalue weighted by Gasteiger charge is -2.13. The van der Waals surface area contributed by atoms with E-state index in [4.69, 9.17) is 5.84 Å². The number of aliphatic hydroxyl groups is 1. The summed E-state index contributed by atoms with van der Waals surface area (Å²) < 4.78 is 0. The van der Waals surface area contributed by atoms with Crippen LogP contribution in [-0.2, 0) is 5.75 Å². The van der Waals surface area contributed by atoms with Gasteiger partial charge in [-0.25, -0.2) is 10.8 Å². The van der Waals surface area contributed by atoms with Crippen LogP contribution in [0.2, 0.25) is 0 Å². The van der Waals surface area contributed by atoms with E-state index in [0.29, 0.717) is 11.4 Å². The average Bonchev–Trinajstić information content (AvgIpc) is 2.35. The van der Waals surface area contributed by atoms with Gasteiger partial charge in [0.15, 0.2) is 0 Å². The Morgan fingerprint density at radius 1 is 1.59 bits per heavy atom. The molecule has 0 aromatic carbocycles. The van der Waals surface area contributed by atoms with Gasteiger partial charge in [-0.1, -0.05) is 13.0 Å². The van der Waals surface area contributed by atoms with Crippen LogP contribution in [-0.4, -0.2) is 27.4 Å². The molecule has 1 heterocycles. The van der Waals surface area contributed by atoms with E-state index in [2.05, 4.69) is 4.98 Å². The van der Waals surface area contributed by atoms with Crippen LogP contribution in [0.25, 0.3) is 0 Å². The zero-order chi connectivity index (χ0) is 12.8. The summed E-state index contributed by atoms with van der Waals surface area (Å²) in [5, 5.41) is 9.49. The van der Waals surface area contributed by atoms with Gasteiger partial charge in [0.2, 0.25) is 0 Å². The monoisotopic (exact) mass is 255 g/mol. The molecule has 0 radical (unpaired) electrons. The molecule has 1 aromatic heterocycles. The number of hydrazine groups is 1. The molecule has 0 bridgehead atoms. The van der Waals surface area contributed by atoms with Crippen molar-refractivity contribution in [3.63, 3.8) is 0 Å². The lowest BCUT2D eigenvalue weighted by molar-refractivity contribution is 0.0948. The maximum Gasteiger partial charge on any atom is 0.283 e. The molecule has 94 valence electrons. The van der Waals surface area contributed by atoms with E-state index in [1.807, 2.05) is 18.4 Å². The number of aromatic nitrogens is 1. The van der Waals surface area contributed by atoms with Crippen LogP contribution >= 0.6 is 11.8 Å². The number of aliphatic hydroxyl groups excluding tert-OH is 1. The summed E-state index contributed by atoms with van der Waals surface area (Å²) >= 11 is 1.59. The minimum Gasteiger partial charge on any atom is -0.392 e. The maximum absolute atomic E-state index is 11.3. The summed E-state index contributed by atoms with van der Waals surface area (Å²) in [6.45, 7) is 3.70. The molecule has 0 fully saturated rings. The summed E-state index contributed by atoms with van der Waals surface area (Å²) in [7, 11) is 0. The zero-order valence-corrected chi connectivity index (χ0v) is 10.7. The van der Waals surface area contributed by atoms with E-state index >= 15 is 0 Å². The van der Waals surface area contributed by atoms with Crippen molar-refractivity contribution >= 4 is 17.7 Å². The Hall–Kier alpha value is -1.11. The number of nitrogens with two attached hydrogens (primary N) is 1. The second-order valence-electron chi connectivity index (χ2n) is 3.74. The number of thioether (sulfide) groups is 1. The minimum atomic E-state index is -0.402. The molecule has 0 spiro atoms. The van der Waals surface area contributed by atoms with Crippen molar-refractivity contribution in [1.82, 2.24) is 10.4 Å². The average molecular weight is 255 g/mol. The van der Waals surface area contributed by atoms with Crippen molar-refractivity contribution in [3.05, 3.63) is 29.6 Å². The molecule has 0 saturated carbocycles. The molecule has 17 heavy (non-hydrogen) atoms. The summed E-state index contributed by atoms with van der Waals surface area (Å²) in [5.41, 5.74) is 3.14. The fourth-order valence-electron chi connectivity index (χ4n) is 1.12. The number of amides is 1. The van der Waals surface area contributed by atoms with Crippen molar-refractivity contribution in [2.24, 2.45) is 5.84 Å². The molecule has 1 amide bonds. The molecular formula is C11H17N3O2S. The summed E-state index contributed by atoms with van der Waals surface area (Å²) in [6.07, 6.45) is -0.365. The number of carbonyl (C=O) groups is 1. The zero-order valence-electron chi connectivity index (χ0n) is 9.88. The van der Waals surface area contributed by atoms with Crippen LogP contribution in [0.15, 0.2) is 18.2 Å². The molecule has 1 aromatic rings.